The first-order valence-corrected chi connectivity index (χ1v) is 12.0. The van der Waals surface area contributed by atoms with Crippen LogP contribution in [0.15, 0.2) is 48.7 Å². The fourth-order valence-corrected chi connectivity index (χ4v) is 3.85. The van der Waals surface area contributed by atoms with Gasteiger partial charge in [0.1, 0.15) is 18.2 Å². The molecule has 3 rings (SSSR count). The molecule has 3 N–H and O–H groups in total. The van der Waals surface area contributed by atoms with Crippen molar-refractivity contribution in [2.75, 3.05) is 20.3 Å². The average molecular weight is 536 g/mol. The fourth-order valence-electron chi connectivity index (χ4n) is 3.66. The number of nitrogens with zero attached hydrogens (tertiary/aromatic N) is 2. The number of urea groups is 1. The molecule has 11 heteroatoms. The maximum atomic E-state index is 13.6. The molecule has 0 saturated heterocycles. The Kier molecular flexibility index (Phi) is 10.1. The summed E-state index contributed by atoms with van der Waals surface area (Å²) in [5, 5.41) is 23.1. The van der Waals surface area contributed by atoms with Gasteiger partial charge in [0.15, 0.2) is 0 Å². The number of aliphatic hydroxyl groups is 2. The van der Waals surface area contributed by atoms with Gasteiger partial charge in [0.05, 0.1) is 30.2 Å². The van der Waals surface area contributed by atoms with E-state index in [1.165, 1.54) is 36.2 Å². The third-order valence-electron chi connectivity index (χ3n) is 5.85. The number of esters is 1. The lowest BCUT2D eigenvalue weighted by Crippen LogP contribution is -2.47. The van der Waals surface area contributed by atoms with Gasteiger partial charge in [-0.05, 0) is 47.7 Å². The highest BCUT2D eigenvalue weighted by Crippen LogP contribution is 2.20. The van der Waals surface area contributed by atoms with Gasteiger partial charge < -0.3 is 25.2 Å². The Hall–Kier alpha value is -3.34. The highest BCUT2D eigenvalue weighted by molar-refractivity contribution is 6.31. The van der Waals surface area contributed by atoms with Gasteiger partial charge >= 0.3 is 12.0 Å². The van der Waals surface area contributed by atoms with Crippen molar-refractivity contribution in [2.45, 2.75) is 38.0 Å². The summed E-state index contributed by atoms with van der Waals surface area (Å²) in [6.45, 7) is -0.804. The predicted molar refractivity (Wildman–Crippen MR) is 134 cm³/mol. The molecule has 0 radical (unpaired) electrons. The standard InChI is InChI=1S/C26H28ClF2N3O5/c1-32(26(36)31-13-17-3-2-4-23(29)25(17)27)21(11-22(34)14-33)15-37-24(35)8-7-20-10-18-9-19(28)6-5-16(18)12-30-20/h2-6,9-10,12,21-22,33-34H,7-8,11,13-15H2,1H3,(H,31,36)/t21-,22?/m0/s1. The minimum Gasteiger partial charge on any atom is -0.463 e. The number of benzene rings is 2. The highest BCUT2D eigenvalue weighted by Gasteiger charge is 2.24. The monoisotopic (exact) mass is 535 g/mol. The number of carbonyl (C=O) groups excluding carboxylic acids is 2. The first-order chi connectivity index (χ1) is 17.7. The van der Waals surface area contributed by atoms with E-state index < -0.39 is 36.6 Å². The molecule has 8 nitrogen and oxygen atoms in total. The summed E-state index contributed by atoms with van der Waals surface area (Å²) in [7, 11) is 1.45. The van der Waals surface area contributed by atoms with Crippen molar-refractivity contribution < 1.29 is 33.3 Å². The fraction of sp³-hybridized carbons (Fsp3) is 0.346. The molecule has 2 atom stereocenters. The minimum atomic E-state index is -1.14. The average Bonchev–Trinajstić information content (AvgIpc) is 2.89. The van der Waals surface area contributed by atoms with Crippen LogP contribution in [0.4, 0.5) is 13.6 Å². The van der Waals surface area contributed by atoms with Gasteiger partial charge in [0.25, 0.3) is 0 Å². The molecule has 0 aliphatic heterocycles. The van der Waals surface area contributed by atoms with E-state index in [1.807, 2.05) is 0 Å². The van der Waals surface area contributed by atoms with Crippen LogP contribution in [-0.2, 0) is 22.5 Å². The second-order valence-electron chi connectivity index (χ2n) is 8.56. The van der Waals surface area contributed by atoms with Crippen LogP contribution in [0.25, 0.3) is 10.8 Å². The summed E-state index contributed by atoms with van der Waals surface area (Å²) < 4.78 is 32.4. The molecule has 0 aliphatic carbocycles. The smallest absolute Gasteiger partial charge is 0.317 e. The van der Waals surface area contributed by atoms with Crippen molar-refractivity contribution in [1.29, 1.82) is 0 Å². The Labute approximate surface area is 217 Å². The van der Waals surface area contributed by atoms with E-state index >= 15 is 0 Å². The van der Waals surface area contributed by atoms with Crippen molar-refractivity contribution in [1.82, 2.24) is 15.2 Å². The summed E-state index contributed by atoms with van der Waals surface area (Å²) in [4.78, 5) is 30.6. The first kappa shape index (κ1) is 28.2. The number of ether oxygens (including phenoxy) is 1. The number of nitrogens with one attached hydrogen (secondary N) is 1. The van der Waals surface area contributed by atoms with Crippen LogP contribution in [0.3, 0.4) is 0 Å². The van der Waals surface area contributed by atoms with Crippen molar-refractivity contribution in [3.63, 3.8) is 0 Å². The number of halogens is 3. The lowest BCUT2D eigenvalue weighted by atomic mass is 10.1. The highest BCUT2D eigenvalue weighted by atomic mass is 35.5. The Balaban J connectivity index is 1.55. The van der Waals surface area contributed by atoms with Crippen molar-refractivity contribution in [3.8, 4) is 0 Å². The van der Waals surface area contributed by atoms with Crippen LogP contribution in [0, 0.1) is 11.6 Å². The van der Waals surface area contributed by atoms with Gasteiger partial charge in [-0.3, -0.25) is 9.78 Å². The lowest BCUT2D eigenvalue weighted by Gasteiger charge is -2.29. The molecule has 0 aliphatic rings. The Morgan fingerprint density at radius 1 is 1.19 bits per heavy atom. The number of likely N-dealkylation sites (N-methyl/N-ethyl adjacent to an activating group) is 1. The van der Waals surface area contributed by atoms with Crippen LogP contribution in [0.5, 0.6) is 0 Å². The molecule has 1 aromatic heterocycles. The molecular weight excluding hydrogens is 508 g/mol. The van der Waals surface area contributed by atoms with E-state index in [0.717, 1.165) is 5.39 Å². The van der Waals surface area contributed by atoms with Gasteiger partial charge in [-0.25, -0.2) is 13.6 Å². The van der Waals surface area contributed by atoms with Crippen molar-refractivity contribution in [3.05, 3.63) is 76.6 Å². The summed E-state index contributed by atoms with van der Waals surface area (Å²) >= 11 is 5.92. The molecule has 0 fully saturated rings. The zero-order valence-corrected chi connectivity index (χ0v) is 20.9. The molecule has 1 heterocycles. The number of hydrogen-bond donors (Lipinski definition) is 3. The van der Waals surface area contributed by atoms with E-state index in [2.05, 4.69) is 10.3 Å². The molecule has 0 bridgehead atoms. The lowest BCUT2D eigenvalue weighted by molar-refractivity contribution is -0.145. The number of pyridine rings is 1. The second-order valence-corrected chi connectivity index (χ2v) is 8.94. The van der Waals surface area contributed by atoms with Gasteiger partial charge in [0.2, 0.25) is 0 Å². The molecule has 1 unspecified atom stereocenters. The number of aliphatic hydroxyl groups excluding tert-OH is 2. The van der Waals surface area contributed by atoms with E-state index in [9.17, 15) is 28.6 Å². The number of rotatable bonds is 11. The van der Waals surface area contributed by atoms with Crippen LogP contribution in [0.1, 0.15) is 24.1 Å². The summed E-state index contributed by atoms with van der Waals surface area (Å²) in [5.41, 5.74) is 0.974. The number of fused-ring (bicyclic) bond motifs is 1. The summed E-state index contributed by atoms with van der Waals surface area (Å²) in [6.07, 6.45) is 0.675. The van der Waals surface area contributed by atoms with Crippen LogP contribution >= 0.6 is 11.6 Å². The van der Waals surface area contributed by atoms with Crippen LogP contribution in [-0.4, -0.2) is 64.5 Å². The van der Waals surface area contributed by atoms with Gasteiger partial charge in [-0.15, -0.1) is 0 Å². The maximum Gasteiger partial charge on any atom is 0.317 e. The molecule has 0 saturated carbocycles. The first-order valence-electron chi connectivity index (χ1n) is 11.6. The Morgan fingerprint density at radius 2 is 1.97 bits per heavy atom. The quantitative estimate of drug-likeness (QED) is 0.324. The number of amides is 2. The van der Waals surface area contributed by atoms with E-state index in [-0.39, 0.29) is 43.3 Å². The topological polar surface area (TPSA) is 112 Å². The zero-order valence-electron chi connectivity index (χ0n) is 20.2. The largest absolute Gasteiger partial charge is 0.463 e. The second kappa shape index (κ2) is 13.3. The van der Waals surface area contributed by atoms with E-state index in [4.69, 9.17) is 16.3 Å². The molecule has 198 valence electrons. The van der Waals surface area contributed by atoms with Gasteiger partial charge in [-0.2, -0.15) is 0 Å². The minimum absolute atomic E-state index is 0.00290. The Morgan fingerprint density at radius 3 is 2.73 bits per heavy atom. The third-order valence-corrected chi connectivity index (χ3v) is 6.27. The summed E-state index contributed by atoms with van der Waals surface area (Å²) in [5.74, 6) is -1.53. The molecule has 2 amide bonds. The number of hydrogen-bond acceptors (Lipinski definition) is 6. The summed E-state index contributed by atoms with van der Waals surface area (Å²) in [6, 6.07) is 8.98. The van der Waals surface area contributed by atoms with Crippen LogP contribution in [0.2, 0.25) is 5.02 Å². The van der Waals surface area contributed by atoms with E-state index in [0.29, 0.717) is 16.6 Å². The van der Waals surface area contributed by atoms with Gasteiger partial charge in [-0.1, -0.05) is 23.7 Å². The maximum absolute atomic E-state index is 13.6. The van der Waals surface area contributed by atoms with Crippen molar-refractivity contribution in [2.24, 2.45) is 0 Å². The predicted octanol–water partition coefficient (Wildman–Crippen LogP) is 3.60. The SMILES string of the molecule is CN(C(=O)NCc1cccc(F)c1Cl)[C@H](COC(=O)CCc1cc2cc(F)ccc2cn1)CC(O)CO. The molecule has 0 spiro atoms. The normalized spacial score (nSPS) is 12.7. The number of aryl methyl sites for hydroxylation is 1. The zero-order chi connectivity index (χ0) is 26.9. The molecular formula is C26H28ClF2N3O5. The number of aromatic nitrogens is 1. The van der Waals surface area contributed by atoms with Crippen molar-refractivity contribution >= 4 is 34.4 Å². The molecule has 37 heavy (non-hydrogen) atoms. The number of carbonyl (C=O) groups is 2. The third kappa shape index (κ3) is 8.08. The molecule has 3 aromatic rings. The van der Waals surface area contributed by atoms with Gasteiger partial charge in [0, 0.05) is 37.3 Å². The van der Waals surface area contributed by atoms with Crippen LogP contribution < -0.4 is 5.32 Å². The van der Waals surface area contributed by atoms with E-state index in [1.54, 1.807) is 24.4 Å². The molecule has 2 aromatic carbocycles. The Bertz CT molecular complexity index is 1250.